The zero-order chi connectivity index (χ0) is 24.9. The molecule has 0 amide bonds. The van der Waals surface area contributed by atoms with E-state index in [0.717, 1.165) is 31.2 Å². The highest BCUT2D eigenvalue weighted by molar-refractivity contribution is 5.69. The fourth-order valence-electron chi connectivity index (χ4n) is 5.01. The Morgan fingerprint density at radius 3 is 2.59 bits per heavy atom. The first-order valence-corrected chi connectivity index (χ1v) is 11.8. The Hall–Kier alpha value is -2.57. The largest absolute Gasteiger partial charge is 0.494 e. The SMILES string of the molecule is CCOC(=O)CCc1ccc([C@@H]2CC[C@H](C[C@H](C)c3ccc(F)c(OC)c3)C2)cc1C(F)(F)F. The van der Waals surface area contributed by atoms with E-state index in [4.69, 9.17) is 9.47 Å². The standard InChI is InChI=1S/C27H32F4O3/c1-4-34-26(32)12-10-19-7-8-22(15-23(19)27(29,30)31)21-6-5-18(14-21)13-17(2)20-9-11-24(28)25(16-20)33-3/h7-9,11,15-18,21H,4-6,10,12-14H2,1-3H3/t17-,18+,21+/m0/s1. The fraction of sp³-hybridized carbons (Fsp3) is 0.519. The highest BCUT2D eigenvalue weighted by Crippen LogP contribution is 2.44. The molecule has 186 valence electrons. The van der Waals surface area contributed by atoms with E-state index in [0.29, 0.717) is 11.5 Å². The van der Waals surface area contributed by atoms with Crippen LogP contribution in [0, 0.1) is 11.7 Å². The lowest BCUT2D eigenvalue weighted by atomic mass is 9.87. The van der Waals surface area contributed by atoms with Gasteiger partial charge in [-0.25, -0.2) is 4.39 Å². The average molecular weight is 481 g/mol. The Labute approximate surface area is 198 Å². The number of alkyl halides is 3. The molecule has 2 aromatic rings. The molecule has 1 saturated carbocycles. The Balaban J connectivity index is 1.68. The molecule has 1 aliphatic carbocycles. The molecule has 3 nitrogen and oxygen atoms in total. The molecular formula is C27H32F4O3. The van der Waals surface area contributed by atoms with Crippen molar-refractivity contribution < 1.29 is 31.8 Å². The molecule has 1 fully saturated rings. The van der Waals surface area contributed by atoms with Crippen LogP contribution in [0.25, 0.3) is 0 Å². The van der Waals surface area contributed by atoms with Gasteiger partial charge in [0.2, 0.25) is 0 Å². The molecule has 3 rings (SSSR count). The van der Waals surface area contributed by atoms with E-state index in [-0.39, 0.29) is 42.6 Å². The summed E-state index contributed by atoms with van der Waals surface area (Å²) in [4.78, 5) is 11.6. The van der Waals surface area contributed by atoms with Gasteiger partial charge in [0, 0.05) is 6.42 Å². The van der Waals surface area contributed by atoms with Crippen molar-refractivity contribution in [2.24, 2.45) is 5.92 Å². The lowest BCUT2D eigenvalue weighted by Crippen LogP contribution is -2.13. The van der Waals surface area contributed by atoms with Crippen molar-refractivity contribution >= 4 is 5.97 Å². The molecule has 0 radical (unpaired) electrons. The van der Waals surface area contributed by atoms with Gasteiger partial charge in [0.1, 0.15) is 0 Å². The van der Waals surface area contributed by atoms with E-state index in [9.17, 15) is 22.4 Å². The summed E-state index contributed by atoms with van der Waals surface area (Å²) in [5, 5.41) is 0. The van der Waals surface area contributed by atoms with Gasteiger partial charge in [-0.3, -0.25) is 4.79 Å². The van der Waals surface area contributed by atoms with E-state index in [2.05, 4.69) is 6.92 Å². The maximum atomic E-state index is 13.8. The quantitative estimate of drug-likeness (QED) is 0.277. The van der Waals surface area contributed by atoms with Crippen LogP contribution in [0.3, 0.4) is 0 Å². The van der Waals surface area contributed by atoms with Crippen molar-refractivity contribution in [2.75, 3.05) is 13.7 Å². The number of benzene rings is 2. The first-order chi connectivity index (χ1) is 16.1. The summed E-state index contributed by atoms with van der Waals surface area (Å²) in [7, 11) is 1.44. The maximum Gasteiger partial charge on any atom is 0.416 e. The number of hydrogen-bond acceptors (Lipinski definition) is 3. The molecule has 2 aromatic carbocycles. The van der Waals surface area contributed by atoms with Crippen molar-refractivity contribution in [1.82, 2.24) is 0 Å². The molecule has 3 atom stereocenters. The number of aryl methyl sites for hydroxylation is 1. The minimum Gasteiger partial charge on any atom is -0.494 e. The number of esters is 1. The molecule has 0 aromatic heterocycles. The van der Waals surface area contributed by atoms with Crippen LogP contribution in [0.15, 0.2) is 36.4 Å². The van der Waals surface area contributed by atoms with Gasteiger partial charge in [-0.1, -0.05) is 25.1 Å². The lowest BCUT2D eigenvalue weighted by Gasteiger charge is -2.19. The van der Waals surface area contributed by atoms with Gasteiger partial charge in [-0.15, -0.1) is 0 Å². The van der Waals surface area contributed by atoms with Crippen LogP contribution in [0.4, 0.5) is 17.6 Å². The van der Waals surface area contributed by atoms with E-state index in [1.807, 2.05) is 0 Å². The van der Waals surface area contributed by atoms with Gasteiger partial charge in [0.25, 0.3) is 0 Å². The molecule has 0 N–H and O–H groups in total. The van der Waals surface area contributed by atoms with Crippen molar-refractivity contribution in [3.05, 3.63) is 64.5 Å². The molecular weight excluding hydrogens is 448 g/mol. The summed E-state index contributed by atoms with van der Waals surface area (Å²) in [6.07, 6.45) is -1.07. The van der Waals surface area contributed by atoms with Gasteiger partial charge < -0.3 is 9.47 Å². The minimum absolute atomic E-state index is 0.000104. The van der Waals surface area contributed by atoms with Crippen molar-refractivity contribution in [1.29, 1.82) is 0 Å². The van der Waals surface area contributed by atoms with Gasteiger partial charge in [0.15, 0.2) is 11.6 Å². The monoisotopic (exact) mass is 480 g/mol. The number of methoxy groups -OCH3 is 1. The lowest BCUT2D eigenvalue weighted by molar-refractivity contribution is -0.144. The summed E-state index contributed by atoms with van der Waals surface area (Å²) in [6, 6.07) is 9.44. The van der Waals surface area contributed by atoms with E-state index < -0.39 is 23.5 Å². The third-order valence-corrected chi connectivity index (χ3v) is 6.79. The van der Waals surface area contributed by atoms with Crippen molar-refractivity contribution in [2.45, 2.75) is 70.4 Å². The number of carbonyl (C=O) groups is 1. The van der Waals surface area contributed by atoms with Crippen LogP contribution < -0.4 is 4.74 Å². The summed E-state index contributed by atoms with van der Waals surface area (Å²) in [6.45, 7) is 3.96. The predicted molar refractivity (Wildman–Crippen MR) is 122 cm³/mol. The molecule has 0 aliphatic heterocycles. The van der Waals surface area contributed by atoms with Gasteiger partial charge in [-0.2, -0.15) is 13.2 Å². The number of ether oxygens (including phenoxy) is 2. The van der Waals surface area contributed by atoms with Gasteiger partial charge in [-0.05, 0) is 91.7 Å². The third kappa shape index (κ3) is 6.51. The fourth-order valence-corrected chi connectivity index (χ4v) is 5.01. The molecule has 34 heavy (non-hydrogen) atoms. The number of rotatable bonds is 9. The Morgan fingerprint density at radius 1 is 1.15 bits per heavy atom. The zero-order valence-corrected chi connectivity index (χ0v) is 19.9. The summed E-state index contributed by atoms with van der Waals surface area (Å²) >= 11 is 0. The molecule has 0 unspecified atom stereocenters. The average Bonchev–Trinajstić information content (AvgIpc) is 3.26. The van der Waals surface area contributed by atoms with Crippen LogP contribution >= 0.6 is 0 Å². The second-order valence-electron chi connectivity index (χ2n) is 9.13. The van der Waals surface area contributed by atoms with Gasteiger partial charge in [0.05, 0.1) is 19.3 Å². The third-order valence-electron chi connectivity index (χ3n) is 6.79. The maximum absolute atomic E-state index is 13.8. The molecule has 7 heteroatoms. The highest BCUT2D eigenvalue weighted by Gasteiger charge is 2.35. The van der Waals surface area contributed by atoms with Crippen LogP contribution in [-0.4, -0.2) is 19.7 Å². The smallest absolute Gasteiger partial charge is 0.416 e. The second kappa shape index (κ2) is 11.2. The number of halogens is 4. The van der Waals surface area contributed by atoms with Crippen LogP contribution in [0.1, 0.15) is 80.0 Å². The van der Waals surface area contributed by atoms with Crippen molar-refractivity contribution in [3.63, 3.8) is 0 Å². The topological polar surface area (TPSA) is 35.5 Å². The van der Waals surface area contributed by atoms with E-state index in [1.165, 1.54) is 25.3 Å². The van der Waals surface area contributed by atoms with Crippen LogP contribution in [0.5, 0.6) is 5.75 Å². The van der Waals surface area contributed by atoms with E-state index >= 15 is 0 Å². The second-order valence-corrected chi connectivity index (χ2v) is 9.13. The van der Waals surface area contributed by atoms with E-state index in [1.54, 1.807) is 25.1 Å². The van der Waals surface area contributed by atoms with Crippen LogP contribution in [-0.2, 0) is 22.1 Å². The summed E-state index contributed by atoms with van der Waals surface area (Å²) in [5.74, 6) is -0.0311. The summed E-state index contributed by atoms with van der Waals surface area (Å²) < 4.78 is 64.9. The Bertz CT molecular complexity index is 986. The minimum atomic E-state index is -4.48. The molecule has 0 spiro atoms. The van der Waals surface area contributed by atoms with Crippen LogP contribution in [0.2, 0.25) is 0 Å². The first-order valence-electron chi connectivity index (χ1n) is 11.8. The molecule has 0 heterocycles. The highest BCUT2D eigenvalue weighted by atomic mass is 19.4. The predicted octanol–water partition coefficient (Wildman–Crippen LogP) is 7.43. The van der Waals surface area contributed by atoms with Crippen molar-refractivity contribution in [3.8, 4) is 5.75 Å². The summed E-state index contributed by atoms with van der Waals surface area (Å²) in [5.41, 5.74) is 1.15. The molecule has 0 bridgehead atoms. The molecule has 0 saturated heterocycles. The number of hydrogen-bond donors (Lipinski definition) is 0. The Kier molecular flexibility index (Phi) is 8.61. The normalized spacial score (nSPS) is 19.1. The first kappa shape index (κ1) is 26.0. The molecule has 1 aliphatic rings. The number of carbonyl (C=O) groups excluding carboxylic acids is 1. The van der Waals surface area contributed by atoms with Gasteiger partial charge >= 0.3 is 12.1 Å². The zero-order valence-electron chi connectivity index (χ0n) is 19.9. The Morgan fingerprint density at radius 2 is 1.91 bits per heavy atom.